The third-order valence-electron chi connectivity index (χ3n) is 8.78. The van der Waals surface area contributed by atoms with E-state index >= 15 is 0 Å². The second-order valence-electron chi connectivity index (χ2n) is 11.5. The topological polar surface area (TPSA) is 32.7 Å². The zero-order chi connectivity index (χ0) is 30.1. The lowest BCUT2D eigenvalue weighted by Gasteiger charge is -2.52. The first-order valence-corrected chi connectivity index (χ1v) is 14.4. The SMILES string of the molecule is CCCOc1ccc(CN2C3CCCC2CC(C(O)(c2ccc(C(F)(F)F)cc2)c2ccc(C(F)(F)F)cc2)C3)cc1.Cl. The largest absolute Gasteiger partial charge is 0.494 e. The lowest BCUT2D eigenvalue weighted by atomic mass is 9.66. The molecule has 0 saturated carbocycles. The number of rotatable bonds is 8. The molecule has 2 bridgehead atoms. The number of nitrogens with zero attached hydrogens (tertiary/aromatic N) is 1. The van der Waals surface area contributed by atoms with Crippen LogP contribution in [0.25, 0.3) is 0 Å². The number of piperidine rings is 2. The van der Waals surface area contributed by atoms with Crippen molar-refractivity contribution in [2.75, 3.05) is 6.61 Å². The van der Waals surface area contributed by atoms with Crippen molar-refractivity contribution < 1.29 is 36.2 Å². The fraction of sp³-hybridized carbons (Fsp3) is 0.455. The molecule has 0 amide bonds. The predicted octanol–water partition coefficient (Wildman–Crippen LogP) is 9.00. The van der Waals surface area contributed by atoms with Gasteiger partial charge in [-0.2, -0.15) is 26.3 Å². The van der Waals surface area contributed by atoms with Gasteiger partial charge in [-0.3, -0.25) is 4.90 Å². The molecule has 1 N–H and O–H groups in total. The minimum absolute atomic E-state index is 0. The molecule has 2 unspecified atom stereocenters. The lowest BCUT2D eigenvalue weighted by molar-refractivity contribution is -0.138. The number of benzene rings is 3. The molecule has 2 aliphatic rings. The Balaban J connectivity index is 0.00000423. The standard InChI is InChI=1S/C33H35F6NO2.ClH/c1-2-18-42-30-16-6-22(7-17-30)21-40-28-4-3-5-29(40)20-27(19-28)31(41,23-8-12-25(13-9-23)32(34,35)36)24-10-14-26(15-11-24)33(37,38)39;/h6-17,27-29,41H,2-5,18-21H2,1H3;1H. The van der Waals surface area contributed by atoms with Crippen molar-refractivity contribution in [3.63, 3.8) is 0 Å². The number of fused-ring (bicyclic) bond motifs is 2. The average Bonchev–Trinajstić information content (AvgIpc) is 2.95. The van der Waals surface area contributed by atoms with Crippen molar-refractivity contribution in [2.45, 2.75) is 82.0 Å². The van der Waals surface area contributed by atoms with Gasteiger partial charge in [0.1, 0.15) is 11.4 Å². The number of alkyl halides is 6. The van der Waals surface area contributed by atoms with E-state index in [0.29, 0.717) is 19.4 Å². The zero-order valence-corrected chi connectivity index (χ0v) is 24.6. The molecule has 3 nitrogen and oxygen atoms in total. The van der Waals surface area contributed by atoms with E-state index in [1.54, 1.807) is 0 Å². The monoisotopic (exact) mass is 627 g/mol. The Bertz CT molecular complexity index is 1250. The summed E-state index contributed by atoms with van der Waals surface area (Å²) in [5.41, 5.74) is -1.83. The summed E-state index contributed by atoms with van der Waals surface area (Å²) in [7, 11) is 0. The second-order valence-corrected chi connectivity index (χ2v) is 11.5. The van der Waals surface area contributed by atoms with Gasteiger partial charge < -0.3 is 9.84 Å². The van der Waals surface area contributed by atoms with Crippen LogP contribution in [-0.4, -0.2) is 28.7 Å². The molecule has 0 radical (unpaired) electrons. The maximum absolute atomic E-state index is 13.3. The van der Waals surface area contributed by atoms with E-state index in [-0.39, 0.29) is 35.6 Å². The molecule has 0 aliphatic carbocycles. The number of hydrogen-bond donors (Lipinski definition) is 1. The highest BCUT2D eigenvalue weighted by molar-refractivity contribution is 5.85. The van der Waals surface area contributed by atoms with Crippen molar-refractivity contribution in [1.82, 2.24) is 4.90 Å². The highest BCUT2D eigenvalue weighted by Gasteiger charge is 2.48. The second kappa shape index (κ2) is 13.1. The summed E-state index contributed by atoms with van der Waals surface area (Å²) in [4.78, 5) is 2.45. The van der Waals surface area contributed by atoms with Gasteiger partial charge in [-0.1, -0.05) is 49.7 Å². The number of hydrogen-bond acceptors (Lipinski definition) is 3. The fourth-order valence-corrected chi connectivity index (χ4v) is 6.66. The maximum Gasteiger partial charge on any atom is 0.416 e. The molecule has 0 spiro atoms. The summed E-state index contributed by atoms with van der Waals surface area (Å²) in [6, 6.07) is 17.0. The molecule has 2 aliphatic heterocycles. The molecule has 5 rings (SSSR count). The van der Waals surface area contributed by atoms with Gasteiger partial charge in [0.2, 0.25) is 0 Å². The molecule has 2 fully saturated rings. The number of ether oxygens (including phenoxy) is 1. The molecule has 2 saturated heterocycles. The predicted molar refractivity (Wildman–Crippen MR) is 155 cm³/mol. The minimum Gasteiger partial charge on any atom is -0.494 e. The summed E-state index contributed by atoms with van der Waals surface area (Å²) in [5, 5.41) is 12.4. The molecule has 43 heavy (non-hydrogen) atoms. The van der Waals surface area contributed by atoms with Gasteiger partial charge in [0.15, 0.2) is 0 Å². The van der Waals surface area contributed by atoms with Crippen molar-refractivity contribution in [1.29, 1.82) is 0 Å². The van der Waals surface area contributed by atoms with Crippen LogP contribution in [0.5, 0.6) is 5.75 Å². The summed E-state index contributed by atoms with van der Waals surface area (Å²) < 4.78 is 85.6. The van der Waals surface area contributed by atoms with E-state index in [1.165, 1.54) is 24.3 Å². The molecule has 2 atom stereocenters. The molecular formula is C33H36ClF6NO2. The number of aliphatic hydroxyl groups is 1. The molecule has 3 aromatic carbocycles. The van der Waals surface area contributed by atoms with Crippen LogP contribution in [0.3, 0.4) is 0 Å². The van der Waals surface area contributed by atoms with Crippen LogP contribution in [0.1, 0.15) is 73.3 Å². The van der Waals surface area contributed by atoms with E-state index < -0.39 is 35.0 Å². The Kier molecular flexibility index (Phi) is 10.1. The van der Waals surface area contributed by atoms with Crippen LogP contribution >= 0.6 is 12.4 Å². The van der Waals surface area contributed by atoms with Crippen LogP contribution in [0.2, 0.25) is 0 Å². The van der Waals surface area contributed by atoms with Gasteiger partial charge in [-0.05, 0) is 91.1 Å². The molecule has 0 aromatic heterocycles. The molecule has 10 heteroatoms. The highest BCUT2D eigenvalue weighted by atomic mass is 35.5. The first kappa shape index (κ1) is 33.1. The Morgan fingerprint density at radius 2 is 1.16 bits per heavy atom. The maximum atomic E-state index is 13.3. The Hall–Kier alpha value is -2.75. The van der Waals surface area contributed by atoms with Gasteiger partial charge in [0.05, 0.1) is 17.7 Å². The quantitative estimate of drug-likeness (QED) is 0.253. The van der Waals surface area contributed by atoms with Crippen LogP contribution in [0.15, 0.2) is 72.8 Å². The average molecular weight is 628 g/mol. The summed E-state index contributed by atoms with van der Waals surface area (Å²) in [6.45, 7) is 3.42. The molecule has 234 valence electrons. The van der Waals surface area contributed by atoms with Crippen molar-refractivity contribution in [2.24, 2.45) is 5.92 Å². The van der Waals surface area contributed by atoms with Crippen LogP contribution in [0.4, 0.5) is 26.3 Å². The van der Waals surface area contributed by atoms with Crippen LogP contribution < -0.4 is 4.74 Å². The normalized spacial score (nSPS) is 21.3. The van der Waals surface area contributed by atoms with E-state index in [2.05, 4.69) is 4.90 Å². The Morgan fingerprint density at radius 3 is 1.58 bits per heavy atom. The summed E-state index contributed by atoms with van der Waals surface area (Å²) in [5.74, 6) is 0.417. The van der Waals surface area contributed by atoms with E-state index in [9.17, 15) is 31.4 Å². The van der Waals surface area contributed by atoms with Crippen molar-refractivity contribution >= 4 is 12.4 Å². The summed E-state index contributed by atoms with van der Waals surface area (Å²) in [6.07, 6.45) is -4.21. The summed E-state index contributed by atoms with van der Waals surface area (Å²) >= 11 is 0. The molecular weight excluding hydrogens is 592 g/mol. The lowest BCUT2D eigenvalue weighted by Crippen LogP contribution is -2.55. The van der Waals surface area contributed by atoms with Gasteiger partial charge in [-0.25, -0.2) is 0 Å². The minimum atomic E-state index is -4.55. The number of halogens is 7. The van der Waals surface area contributed by atoms with Gasteiger partial charge >= 0.3 is 12.4 Å². The smallest absolute Gasteiger partial charge is 0.416 e. The van der Waals surface area contributed by atoms with Crippen molar-refractivity contribution in [3.05, 3.63) is 101 Å². The molecule has 2 heterocycles. The Labute approximate surface area is 254 Å². The van der Waals surface area contributed by atoms with Gasteiger partial charge in [0, 0.05) is 18.6 Å². The van der Waals surface area contributed by atoms with E-state index in [0.717, 1.165) is 67.8 Å². The van der Waals surface area contributed by atoms with E-state index in [1.807, 2.05) is 31.2 Å². The Morgan fingerprint density at radius 1 is 0.721 bits per heavy atom. The van der Waals surface area contributed by atoms with Crippen molar-refractivity contribution in [3.8, 4) is 5.75 Å². The van der Waals surface area contributed by atoms with Crippen LogP contribution in [-0.2, 0) is 24.5 Å². The van der Waals surface area contributed by atoms with E-state index in [4.69, 9.17) is 4.74 Å². The third kappa shape index (κ3) is 7.15. The zero-order valence-electron chi connectivity index (χ0n) is 23.8. The van der Waals surface area contributed by atoms with Gasteiger partial charge in [0.25, 0.3) is 0 Å². The van der Waals surface area contributed by atoms with Gasteiger partial charge in [-0.15, -0.1) is 12.4 Å². The fourth-order valence-electron chi connectivity index (χ4n) is 6.66. The first-order chi connectivity index (χ1) is 19.9. The van der Waals surface area contributed by atoms with Crippen LogP contribution in [0, 0.1) is 5.92 Å². The highest BCUT2D eigenvalue weighted by Crippen LogP contribution is 2.49. The first-order valence-electron chi connectivity index (χ1n) is 14.4. The molecule has 3 aromatic rings. The third-order valence-corrected chi connectivity index (χ3v) is 8.78.